The molecule has 0 radical (unpaired) electrons. The van der Waals surface area contributed by atoms with E-state index in [4.69, 9.17) is 4.74 Å². The summed E-state index contributed by atoms with van der Waals surface area (Å²) in [5.41, 5.74) is 0.906. The van der Waals surface area contributed by atoms with Crippen molar-refractivity contribution < 1.29 is 14.3 Å². The first-order chi connectivity index (χ1) is 15.9. The van der Waals surface area contributed by atoms with Gasteiger partial charge in [0.15, 0.2) is 0 Å². The maximum Gasteiger partial charge on any atom is 0.266 e. The summed E-state index contributed by atoms with van der Waals surface area (Å²) in [6.45, 7) is 7.75. The Bertz CT molecular complexity index is 1230. The second kappa shape index (κ2) is 9.74. The lowest BCUT2D eigenvalue weighted by Gasteiger charge is -2.31. The molecule has 1 saturated heterocycles. The molecule has 1 unspecified atom stereocenters. The maximum atomic E-state index is 13.1. The Labute approximate surface area is 196 Å². The lowest BCUT2D eigenvalue weighted by atomic mass is 10.0. The quantitative estimate of drug-likeness (QED) is 0.596. The van der Waals surface area contributed by atoms with Crippen LogP contribution in [0.4, 0.5) is 5.69 Å². The summed E-state index contributed by atoms with van der Waals surface area (Å²) in [7, 11) is 0. The predicted molar refractivity (Wildman–Crippen MR) is 129 cm³/mol. The zero-order valence-corrected chi connectivity index (χ0v) is 19.9. The minimum atomic E-state index is -0.302. The standard InChI is InChI=1S/C24H28N4O4S/c1-4-32-18-9-7-17(8-10-18)26-22(30)21-16(3)20-23(33-21)25-14-28(24(20)31)13-19(29)27-11-5-6-15(2)12-27/h7-10,14-15H,4-6,11-13H2,1-3H3,(H,26,30). The van der Waals surface area contributed by atoms with Crippen molar-refractivity contribution >= 4 is 39.1 Å². The van der Waals surface area contributed by atoms with Crippen LogP contribution in [0.25, 0.3) is 10.2 Å². The fraction of sp³-hybridized carbons (Fsp3) is 0.417. The third-order valence-corrected chi connectivity index (χ3v) is 7.06. The number of piperidine rings is 1. The third-order valence-electron chi connectivity index (χ3n) is 5.86. The van der Waals surface area contributed by atoms with Crippen LogP contribution in [0, 0.1) is 12.8 Å². The lowest BCUT2D eigenvalue weighted by Crippen LogP contribution is -2.42. The summed E-state index contributed by atoms with van der Waals surface area (Å²) >= 11 is 1.18. The first-order valence-corrected chi connectivity index (χ1v) is 12.0. The van der Waals surface area contributed by atoms with E-state index in [1.165, 1.54) is 22.2 Å². The van der Waals surface area contributed by atoms with Crippen LogP contribution in [-0.2, 0) is 11.3 Å². The fourth-order valence-electron chi connectivity index (χ4n) is 4.14. The van der Waals surface area contributed by atoms with Crippen LogP contribution in [0.2, 0.25) is 0 Å². The van der Waals surface area contributed by atoms with E-state index < -0.39 is 0 Å². The van der Waals surface area contributed by atoms with Gasteiger partial charge in [-0.15, -0.1) is 11.3 Å². The van der Waals surface area contributed by atoms with E-state index in [0.29, 0.717) is 38.9 Å². The fourth-order valence-corrected chi connectivity index (χ4v) is 5.17. The molecule has 1 fully saturated rings. The maximum absolute atomic E-state index is 13.1. The van der Waals surface area contributed by atoms with Crippen LogP contribution in [0.3, 0.4) is 0 Å². The lowest BCUT2D eigenvalue weighted by molar-refractivity contribution is -0.133. The highest BCUT2D eigenvalue weighted by Gasteiger charge is 2.23. The van der Waals surface area contributed by atoms with Gasteiger partial charge < -0.3 is 15.0 Å². The molecule has 2 aromatic heterocycles. The van der Waals surface area contributed by atoms with Crippen molar-refractivity contribution in [2.24, 2.45) is 5.92 Å². The summed E-state index contributed by atoms with van der Waals surface area (Å²) in [5.74, 6) is 0.817. The van der Waals surface area contributed by atoms with E-state index in [9.17, 15) is 14.4 Å². The average Bonchev–Trinajstić information content (AvgIpc) is 3.14. The molecule has 1 aromatic carbocycles. The van der Waals surface area contributed by atoms with E-state index in [2.05, 4.69) is 17.2 Å². The zero-order chi connectivity index (χ0) is 23.5. The van der Waals surface area contributed by atoms with Gasteiger partial charge in [0, 0.05) is 18.8 Å². The number of hydrogen-bond donors (Lipinski definition) is 1. The number of aromatic nitrogens is 2. The van der Waals surface area contributed by atoms with E-state index in [-0.39, 0.29) is 23.9 Å². The van der Waals surface area contributed by atoms with Gasteiger partial charge in [0.2, 0.25) is 5.91 Å². The Morgan fingerprint density at radius 2 is 2.03 bits per heavy atom. The van der Waals surface area contributed by atoms with Crippen molar-refractivity contribution in [2.75, 3.05) is 25.0 Å². The van der Waals surface area contributed by atoms with Crippen LogP contribution >= 0.6 is 11.3 Å². The molecular weight excluding hydrogens is 440 g/mol. The van der Waals surface area contributed by atoms with Crippen molar-refractivity contribution in [1.29, 1.82) is 0 Å². The smallest absolute Gasteiger partial charge is 0.266 e. The second-order valence-corrected chi connectivity index (χ2v) is 9.41. The Hall–Kier alpha value is -3.20. The molecule has 3 aromatic rings. The van der Waals surface area contributed by atoms with E-state index in [1.807, 2.05) is 11.8 Å². The van der Waals surface area contributed by atoms with Crippen LogP contribution in [0.1, 0.15) is 41.9 Å². The number of rotatable bonds is 6. The molecule has 1 aliphatic rings. The van der Waals surface area contributed by atoms with Crippen molar-refractivity contribution in [3.05, 3.63) is 51.4 Å². The molecule has 4 rings (SSSR count). The number of likely N-dealkylation sites (tertiary alicyclic amines) is 1. The van der Waals surface area contributed by atoms with E-state index in [1.54, 1.807) is 31.2 Å². The topological polar surface area (TPSA) is 93.5 Å². The molecule has 3 heterocycles. The molecule has 9 heteroatoms. The highest BCUT2D eigenvalue weighted by Crippen LogP contribution is 2.28. The molecule has 174 valence electrons. The van der Waals surface area contributed by atoms with Gasteiger partial charge in [0.05, 0.1) is 23.2 Å². The molecule has 8 nitrogen and oxygen atoms in total. The number of thiophene rings is 1. The van der Waals surface area contributed by atoms with Gasteiger partial charge in [0.1, 0.15) is 17.1 Å². The van der Waals surface area contributed by atoms with Gasteiger partial charge in [-0.25, -0.2) is 4.98 Å². The predicted octanol–water partition coefficient (Wildman–Crippen LogP) is 3.68. The van der Waals surface area contributed by atoms with Gasteiger partial charge in [0.25, 0.3) is 11.5 Å². The molecule has 0 aliphatic carbocycles. The van der Waals surface area contributed by atoms with Crippen molar-refractivity contribution in [2.45, 2.75) is 40.2 Å². The molecule has 1 atom stereocenters. The summed E-state index contributed by atoms with van der Waals surface area (Å²) in [6.07, 6.45) is 3.50. The number of carbonyl (C=O) groups is 2. The number of hydrogen-bond acceptors (Lipinski definition) is 6. The van der Waals surface area contributed by atoms with Crippen LogP contribution < -0.4 is 15.6 Å². The number of fused-ring (bicyclic) bond motifs is 1. The highest BCUT2D eigenvalue weighted by atomic mass is 32.1. The minimum absolute atomic E-state index is 0.0442. The Morgan fingerprint density at radius 1 is 1.27 bits per heavy atom. The summed E-state index contributed by atoms with van der Waals surface area (Å²) in [4.78, 5) is 45.9. The number of nitrogens with zero attached hydrogens (tertiary/aromatic N) is 3. The SMILES string of the molecule is CCOc1ccc(NC(=O)c2sc3ncn(CC(=O)N4CCCC(C)C4)c(=O)c3c2C)cc1. The van der Waals surface area contributed by atoms with E-state index >= 15 is 0 Å². The molecule has 1 aliphatic heterocycles. The van der Waals surface area contributed by atoms with Crippen molar-refractivity contribution in [3.63, 3.8) is 0 Å². The number of amides is 2. The monoisotopic (exact) mass is 468 g/mol. The highest BCUT2D eigenvalue weighted by molar-refractivity contribution is 7.20. The number of aryl methyl sites for hydroxylation is 1. The first kappa shape index (κ1) is 23.0. The number of ether oxygens (including phenoxy) is 1. The van der Waals surface area contributed by atoms with Crippen LogP contribution in [0.15, 0.2) is 35.4 Å². The normalized spacial score (nSPS) is 16.1. The van der Waals surface area contributed by atoms with E-state index in [0.717, 1.165) is 31.7 Å². The van der Waals surface area contributed by atoms with Gasteiger partial charge in [-0.05, 0) is 62.4 Å². The van der Waals surface area contributed by atoms with Gasteiger partial charge >= 0.3 is 0 Å². The number of carbonyl (C=O) groups excluding carboxylic acids is 2. The summed E-state index contributed by atoms with van der Waals surface area (Å²) in [6, 6.07) is 7.11. The Balaban J connectivity index is 1.54. The molecule has 33 heavy (non-hydrogen) atoms. The van der Waals surface area contributed by atoms with Gasteiger partial charge in [-0.1, -0.05) is 6.92 Å². The zero-order valence-electron chi connectivity index (χ0n) is 19.1. The average molecular weight is 469 g/mol. The molecule has 0 spiro atoms. The Kier molecular flexibility index (Phi) is 6.78. The van der Waals surface area contributed by atoms with Crippen LogP contribution in [-0.4, -0.2) is 46.0 Å². The first-order valence-electron chi connectivity index (χ1n) is 11.2. The number of anilines is 1. The largest absolute Gasteiger partial charge is 0.494 e. The molecular formula is C24H28N4O4S. The third kappa shape index (κ3) is 4.93. The summed E-state index contributed by atoms with van der Waals surface area (Å²) in [5, 5.41) is 3.25. The molecule has 1 N–H and O–H groups in total. The minimum Gasteiger partial charge on any atom is -0.494 e. The van der Waals surface area contributed by atoms with Crippen LogP contribution in [0.5, 0.6) is 5.75 Å². The van der Waals surface area contributed by atoms with Crippen molar-refractivity contribution in [3.8, 4) is 5.75 Å². The Morgan fingerprint density at radius 3 is 2.73 bits per heavy atom. The second-order valence-electron chi connectivity index (χ2n) is 8.41. The number of benzene rings is 1. The summed E-state index contributed by atoms with van der Waals surface area (Å²) < 4.78 is 6.77. The molecule has 0 bridgehead atoms. The molecule has 0 saturated carbocycles. The van der Waals surface area contributed by atoms with Gasteiger partial charge in [-0.2, -0.15) is 0 Å². The van der Waals surface area contributed by atoms with Gasteiger partial charge in [-0.3, -0.25) is 19.0 Å². The van der Waals surface area contributed by atoms with Crippen molar-refractivity contribution in [1.82, 2.24) is 14.5 Å². The number of nitrogens with one attached hydrogen (secondary N) is 1. The molecule has 2 amide bonds.